The van der Waals surface area contributed by atoms with E-state index in [0.717, 1.165) is 5.56 Å². The van der Waals surface area contributed by atoms with E-state index in [1.807, 2.05) is 19.1 Å². The molecule has 2 nitrogen and oxygen atoms in total. The van der Waals surface area contributed by atoms with Crippen LogP contribution in [0, 0.1) is 29.9 Å². The normalized spacial score (nSPS) is 10.8. The molecule has 92 valence electrons. The highest BCUT2D eigenvalue weighted by Crippen LogP contribution is 2.25. The first-order valence-electron chi connectivity index (χ1n) is 5.74. The predicted octanol–water partition coefficient (Wildman–Crippen LogP) is 3.04. The Hall–Kier alpha value is -2.54. The van der Waals surface area contributed by atoms with Crippen LogP contribution in [0.4, 0.5) is 8.78 Å². The third-order valence-corrected chi connectivity index (χ3v) is 3.17. The standard InChI is InChI=1S/C15H9F2N2/c1-9-2-4-19-5-3-10-7-12(16)11(8-18)15(17)14(10)13(19)6-9/h2-7H,1H3/q+1. The summed E-state index contributed by atoms with van der Waals surface area (Å²) in [5.41, 5.74) is 1.04. The Bertz CT molecular complexity index is 864. The van der Waals surface area contributed by atoms with Crippen molar-refractivity contribution in [1.29, 1.82) is 5.26 Å². The van der Waals surface area contributed by atoms with Crippen molar-refractivity contribution in [3.05, 3.63) is 59.4 Å². The number of pyridine rings is 2. The first-order valence-corrected chi connectivity index (χ1v) is 5.74. The first kappa shape index (κ1) is 11.5. The quantitative estimate of drug-likeness (QED) is 0.448. The lowest BCUT2D eigenvalue weighted by Crippen LogP contribution is -2.21. The molecule has 3 rings (SSSR count). The molecule has 0 bridgehead atoms. The van der Waals surface area contributed by atoms with Gasteiger partial charge >= 0.3 is 0 Å². The molecule has 0 amide bonds. The monoisotopic (exact) mass is 255 g/mol. The lowest BCUT2D eigenvalue weighted by atomic mass is 10.0. The van der Waals surface area contributed by atoms with Gasteiger partial charge in [-0.15, -0.1) is 0 Å². The summed E-state index contributed by atoms with van der Waals surface area (Å²) in [5, 5.41) is 9.56. The number of aryl methyl sites for hydroxylation is 1. The van der Waals surface area contributed by atoms with Crippen molar-refractivity contribution in [3.63, 3.8) is 0 Å². The summed E-state index contributed by atoms with van der Waals surface area (Å²) in [7, 11) is 0. The topological polar surface area (TPSA) is 27.9 Å². The third kappa shape index (κ3) is 1.63. The molecule has 0 aliphatic heterocycles. The van der Waals surface area contributed by atoms with Crippen molar-refractivity contribution in [3.8, 4) is 6.07 Å². The molecule has 0 fully saturated rings. The second-order valence-electron chi connectivity index (χ2n) is 4.44. The molecule has 0 saturated heterocycles. The average molecular weight is 255 g/mol. The molecule has 19 heavy (non-hydrogen) atoms. The van der Waals surface area contributed by atoms with Gasteiger partial charge in [-0.05, 0) is 18.6 Å². The summed E-state index contributed by atoms with van der Waals surface area (Å²) in [4.78, 5) is 0. The van der Waals surface area contributed by atoms with Gasteiger partial charge in [-0.25, -0.2) is 8.78 Å². The summed E-state index contributed by atoms with van der Waals surface area (Å²) in [6.45, 7) is 1.89. The Balaban J connectivity index is 2.61. The van der Waals surface area contributed by atoms with E-state index >= 15 is 0 Å². The van der Waals surface area contributed by atoms with Crippen LogP contribution in [0.15, 0.2) is 36.7 Å². The predicted molar refractivity (Wildman–Crippen MR) is 66.5 cm³/mol. The van der Waals surface area contributed by atoms with Crippen molar-refractivity contribution in [2.45, 2.75) is 6.92 Å². The highest BCUT2D eigenvalue weighted by atomic mass is 19.1. The number of nitriles is 1. The van der Waals surface area contributed by atoms with Gasteiger partial charge in [0.2, 0.25) is 5.52 Å². The fourth-order valence-corrected chi connectivity index (χ4v) is 2.24. The minimum atomic E-state index is -0.829. The van der Waals surface area contributed by atoms with Crippen molar-refractivity contribution in [2.75, 3.05) is 0 Å². The van der Waals surface area contributed by atoms with Crippen molar-refractivity contribution in [2.24, 2.45) is 0 Å². The zero-order chi connectivity index (χ0) is 13.6. The molecular formula is C15H9F2N2+. The molecule has 3 aromatic rings. The zero-order valence-electron chi connectivity index (χ0n) is 10.1. The number of rotatable bonds is 0. The van der Waals surface area contributed by atoms with E-state index in [0.29, 0.717) is 10.9 Å². The molecule has 2 aromatic heterocycles. The maximum Gasteiger partial charge on any atom is 0.221 e. The van der Waals surface area contributed by atoms with E-state index in [1.54, 1.807) is 28.9 Å². The van der Waals surface area contributed by atoms with Crippen LogP contribution in [-0.4, -0.2) is 0 Å². The lowest BCUT2D eigenvalue weighted by molar-refractivity contribution is -0.510. The number of nitrogens with zero attached hydrogens (tertiary/aromatic N) is 2. The number of aromatic nitrogens is 1. The Morgan fingerprint density at radius 3 is 2.63 bits per heavy atom. The number of hydrogen-bond donors (Lipinski definition) is 0. The van der Waals surface area contributed by atoms with Gasteiger partial charge in [0.15, 0.2) is 18.2 Å². The summed E-state index contributed by atoms with van der Waals surface area (Å²) >= 11 is 0. The van der Waals surface area contributed by atoms with E-state index in [4.69, 9.17) is 5.26 Å². The SMILES string of the molecule is Cc1cc[n+]2ccc3cc(F)c(C#N)c(F)c3c2c1. The number of fused-ring (bicyclic) bond motifs is 3. The van der Waals surface area contributed by atoms with E-state index in [-0.39, 0.29) is 5.39 Å². The maximum absolute atomic E-state index is 14.3. The first-order chi connectivity index (χ1) is 9.11. The highest BCUT2D eigenvalue weighted by molar-refractivity contribution is 5.95. The van der Waals surface area contributed by atoms with Gasteiger partial charge in [0.25, 0.3) is 0 Å². The summed E-state index contributed by atoms with van der Waals surface area (Å²) in [6.07, 6.45) is 3.54. The molecule has 0 N–H and O–H groups in total. The molecule has 2 heterocycles. The molecular weight excluding hydrogens is 246 g/mol. The Labute approximate surface area is 108 Å². The second-order valence-corrected chi connectivity index (χ2v) is 4.44. The Morgan fingerprint density at radius 2 is 1.89 bits per heavy atom. The number of halogens is 2. The van der Waals surface area contributed by atoms with Gasteiger partial charge in [-0.2, -0.15) is 9.66 Å². The summed E-state index contributed by atoms with van der Waals surface area (Å²) in [6, 6.07) is 8.10. The highest BCUT2D eigenvalue weighted by Gasteiger charge is 2.19. The summed E-state index contributed by atoms with van der Waals surface area (Å²) < 4.78 is 29.7. The Morgan fingerprint density at radius 1 is 1.16 bits per heavy atom. The lowest BCUT2D eigenvalue weighted by Gasteiger charge is -2.03. The van der Waals surface area contributed by atoms with E-state index in [1.165, 1.54) is 6.07 Å². The number of benzene rings is 1. The largest absolute Gasteiger partial charge is 0.221 e. The van der Waals surface area contributed by atoms with Crippen LogP contribution in [0.1, 0.15) is 11.1 Å². The summed E-state index contributed by atoms with van der Waals surface area (Å²) in [5.74, 6) is -1.63. The molecule has 0 radical (unpaired) electrons. The van der Waals surface area contributed by atoms with Crippen LogP contribution in [0.25, 0.3) is 16.3 Å². The smallest absolute Gasteiger partial charge is 0.205 e. The van der Waals surface area contributed by atoms with E-state index in [9.17, 15) is 8.78 Å². The molecule has 4 heteroatoms. The van der Waals surface area contributed by atoms with Gasteiger partial charge in [0.05, 0.1) is 5.39 Å². The van der Waals surface area contributed by atoms with E-state index < -0.39 is 17.2 Å². The molecule has 0 aliphatic carbocycles. The van der Waals surface area contributed by atoms with Gasteiger partial charge in [0, 0.05) is 23.6 Å². The third-order valence-electron chi connectivity index (χ3n) is 3.17. The minimum Gasteiger partial charge on any atom is -0.205 e. The van der Waals surface area contributed by atoms with Crippen molar-refractivity contribution in [1.82, 2.24) is 0 Å². The second kappa shape index (κ2) is 3.99. The van der Waals surface area contributed by atoms with Crippen LogP contribution in [0.3, 0.4) is 0 Å². The average Bonchev–Trinajstić information content (AvgIpc) is 2.38. The minimum absolute atomic E-state index is 0.268. The van der Waals surface area contributed by atoms with Crippen LogP contribution in [-0.2, 0) is 0 Å². The number of hydrogen-bond acceptors (Lipinski definition) is 1. The molecule has 0 atom stereocenters. The molecule has 0 spiro atoms. The molecule has 0 aliphatic rings. The Kier molecular flexibility index (Phi) is 2.42. The van der Waals surface area contributed by atoms with Gasteiger partial charge in [-0.3, -0.25) is 0 Å². The van der Waals surface area contributed by atoms with Gasteiger partial charge in [-0.1, -0.05) is 0 Å². The van der Waals surface area contributed by atoms with Gasteiger partial charge in [0.1, 0.15) is 17.4 Å². The molecule has 0 unspecified atom stereocenters. The van der Waals surface area contributed by atoms with Crippen LogP contribution >= 0.6 is 0 Å². The van der Waals surface area contributed by atoms with E-state index in [2.05, 4.69) is 0 Å². The van der Waals surface area contributed by atoms with Crippen LogP contribution in [0.2, 0.25) is 0 Å². The fraction of sp³-hybridized carbons (Fsp3) is 0.0667. The van der Waals surface area contributed by atoms with Crippen LogP contribution in [0.5, 0.6) is 0 Å². The van der Waals surface area contributed by atoms with Crippen molar-refractivity contribution >= 4 is 16.3 Å². The fourth-order valence-electron chi connectivity index (χ4n) is 2.24. The van der Waals surface area contributed by atoms with Crippen molar-refractivity contribution < 1.29 is 13.2 Å². The molecule has 0 saturated carbocycles. The zero-order valence-corrected chi connectivity index (χ0v) is 10.1. The van der Waals surface area contributed by atoms with Gasteiger partial charge < -0.3 is 0 Å². The molecule has 1 aromatic carbocycles. The van der Waals surface area contributed by atoms with Crippen LogP contribution < -0.4 is 4.40 Å². The maximum atomic E-state index is 14.3.